The highest BCUT2D eigenvalue weighted by Gasteiger charge is 2.23. The predicted molar refractivity (Wildman–Crippen MR) is 99.8 cm³/mol. The molecular weight excluding hydrogens is 338 g/mol. The maximum Gasteiger partial charge on any atom is 0.191 e. The molecule has 3 heterocycles. The molecule has 0 saturated carbocycles. The van der Waals surface area contributed by atoms with Gasteiger partial charge in [-0.05, 0) is 49.7 Å². The monoisotopic (exact) mass is 363 g/mol. The molecule has 0 aromatic carbocycles. The van der Waals surface area contributed by atoms with Crippen molar-refractivity contribution < 1.29 is 4.74 Å². The van der Waals surface area contributed by atoms with Crippen LogP contribution >= 0.6 is 23.1 Å². The summed E-state index contributed by atoms with van der Waals surface area (Å²) in [5.41, 5.74) is 1.55. The Labute approximate surface area is 152 Å². The third-order valence-electron chi connectivity index (χ3n) is 5.24. The van der Waals surface area contributed by atoms with Gasteiger partial charge in [0.2, 0.25) is 0 Å². The number of thiophene rings is 1. The third-order valence-corrected chi connectivity index (χ3v) is 7.63. The molecule has 2 atom stereocenters. The SMILES string of the molecule is CC[C@@H]1CCc2sc(-c3nnc(SC[C@@H]4CCCO4)n3C)cc2C1. The van der Waals surface area contributed by atoms with Gasteiger partial charge in [0.15, 0.2) is 11.0 Å². The second-order valence-corrected chi connectivity index (χ2v) is 9.01. The highest BCUT2D eigenvalue weighted by molar-refractivity contribution is 7.99. The van der Waals surface area contributed by atoms with Crippen LogP contribution < -0.4 is 0 Å². The van der Waals surface area contributed by atoms with E-state index < -0.39 is 0 Å². The van der Waals surface area contributed by atoms with Crippen molar-refractivity contribution in [3.05, 3.63) is 16.5 Å². The molecule has 0 unspecified atom stereocenters. The fraction of sp³-hybridized carbons (Fsp3) is 0.667. The fourth-order valence-electron chi connectivity index (χ4n) is 3.66. The van der Waals surface area contributed by atoms with Gasteiger partial charge in [-0.2, -0.15) is 0 Å². The molecule has 0 spiro atoms. The van der Waals surface area contributed by atoms with Crippen molar-refractivity contribution >= 4 is 23.1 Å². The highest BCUT2D eigenvalue weighted by Crippen LogP contribution is 2.38. The highest BCUT2D eigenvalue weighted by atomic mass is 32.2. The maximum absolute atomic E-state index is 5.71. The zero-order chi connectivity index (χ0) is 16.5. The van der Waals surface area contributed by atoms with Crippen molar-refractivity contribution in [2.75, 3.05) is 12.4 Å². The van der Waals surface area contributed by atoms with E-state index in [1.165, 1.54) is 43.4 Å². The van der Waals surface area contributed by atoms with E-state index in [0.29, 0.717) is 6.10 Å². The number of aryl methyl sites for hydroxylation is 1. The standard InChI is InChI=1S/C18H25N3OS2/c1-3-12-6-7-15-13(9-12)10-16(24-15)17-19-20-18(21(17)2)23-11-14-5-4-8-22-14/h10,12,14H,3-9,11H2,1-2H3/t12-,14+/m1/s1. The van der Waals surface area contributed by atoms with Crippen molar-refractivity contribution in [2.45, 2.75) is 56.7 Å². The van der Waals surface area contributed by atoms with Gasteiger partial charge in [-0.3, -0.25) is 0 Å². The van der Waals surface area contributed by atoms with Crippen molar-refractivity contribution in [2.24, 2.45) is 13.0 Å². The number of aromatic nitrogens is 3. The van der Waals surface area contributed by atoms with E-state index in [2.05, 4.69) is 34.8 Å². The molecular formula is C18H25N3OS2. The normalized spacial score (nSPS) is 23.6. The molecule has 2 aromatic heterocycles. The molecule has 0 N–H and O–H groups in total. The predicted octanol–water partition coefficient (Wildman–Crippen LogP) is 4.33. The van der Waals surface area contributed by atoms with Crippen molar-refractivity contribution in [1.29, 1.82) is 0 Å². The van der Waals surface area contributed by atoms with E-state index in [9.17, 15) is 0 Å². The van der Waals surface area contributed by atoms with Crippen LogP contribution in [0.3, 0.4) is 0 Å². The smallest absolute Gasteiger partial charge is 0.191 e. The first kappa shape index (κ1) is 16.6. The van der Waals surface area contributed by atoms with Gasteiger partial charge in [-0.1, -0.05) is 25.1 Å². The lowest BCUT2D eigenvalue weighted by Gasteiger charge is -2.19. The molecule has 24 heavy (non-hydrogen) atoms. The van der Waals surface area contributed by atoms with E-state index in [-0.39, 0.29) is 0 Å². The Hall–Kier alpha value is -0.850. The molecule has 0 amide bonds. The lowest BCUT2D eigenvalue weighted by Crippen LogP contribution is -2.10. The molecule has 2 aromatic rings. The molecule has 4 nitrogen and oxygen atoms in total. The number of ether oxygens (including phenoxy) is 1. The zero-order valence-electron chi connectivity index (χ0n) is 14.5. The number of hydrogen-bond donors (Lipinski definition) is 0. The average Bonchev–Trinajstić information content (AvgIpc) is 3.31. The molecule has 1 aliphatic carbocycles. The minimum Gasteiger partial charge on any atom is -0.377 e. The lowest BCUT2D eigenvalue weighted by molar-refractivity contribution is 0.129. The Morgan fingerprint density at radius 1 is 1.38 bits per heavy atom. The Balaban J connectivity index is 1.49. The number of fused-ring (bicyclic) bond motifs is 1. The summed E-state index contributed by atoms with van der Waals surface area (Å²) >= 11 is 3.68. The van der Waals surface area contributed by atoms with Gasteiger partial charge < -0.3 is 9.30 Å². The molecule has 2 aliphatic rings. The van der Waals surface area contributed by atoms with Gasteiger partial charge in [0.1, 0.15) is 0 Å². The summed E-state index contributed by atoms with van der Waals surface area (Å²) in [6, 6.07) is 2.36. The number of nitrogens with zero attached hydrogens (tertiary/aromatic N) is 3. The minimum atomic E-state index is 0.384. The van der Waals surface area contributed by atoms with Gasteiger partial charge in [0, 0.05) is 24.3 Å². The zero-order valence-corrected chi connectivity index (χ0v) is 16.1. The van der Waals surface area contributed by atoms with Crippen molar-refractivity contribution in [1.82, 2.24) is 14.8 Å². The van der Waals surface area contributed by atoms with Gasteiger partial charge in [0.25, 0.3) is 0 Å². The first-order valence-corrected chi connectivity index (χ1v) is 10.8. The van der Waals surface area contributed by atoms with Crippen LogP contribution in [-0.4, -0.2) is 33.2 Å². The molecule has 0 bridgehead atoms. The first-order chi connectivity index (χ1) is 11.7. The molecule has 130 valence electrons. The maximum atomic E-state index is 5.71. The van der Waals surface area contributed by atoms with Gasteiger partial charge in [-0.15, -0.1) is 21.5 Å². The Morgan fingerprint density at radius 3 is 3.08 bits per heavy atom. The van der Waals surface area contributed by atoms with Crippen LogP contribution in [0.25, 0.3) is 10.7 Å². The summed E-state index contributed by atoms with van der Waals surface area (Å²) in [5, 5.41) is 9.89. The summed E-state index contributed by atoms with van der Waals surface area (Å²) in [6.07, 6.45) is 7.85. The van der Waals surface area contributed by atoms with Crippen LogP contribution in [0.5, 0.6) is 0 Å². The summed E-state index contributed by atoms with van der Waals surface area (Å²) < 4.78 is 7.85. The molecule has 1 aliphatic heterocycles. The van der Waals surface area contributed by atoms with Crippen LogP contribution in [-0.2, 0) is 24.6 Å². The van der Waals surface area contributed by atoms with E-state index in [0.717, 1.165) is 29.3 Å². The lowest BCUT2D eigenvalue weighted by atomic mass is 9.87. The second-order valence-electron chi connectivity index (χ2n) is 6.89. The van der Waals surface area contributed by atoms with Gasteiger partial charge in [0.05, 0.1) is 11.0 Å². The largest absolute Gasteiger partial charge is 0.377 e. The van der Waals surface area contributed by atoms with Gasteiger partial charge >= 0.3 is 0 Å². The van der Waals surface area contributed by atoms with Crippen LogP contribution in [0.15, 0.2) is 11.2 Å². The quantitative estimate of drug-likeness (QED) is 0.741. The minimum absolute atomic E-state index is 0.384. The van der Waals surface area contributed by atoms with Crippen LogP contribution in [0, 0.1) is 5.92 Å². The van der Waals surface area contributed by atoms with E-state index in [1.807, 2.05) is 11.3 Å². The summed E-state index contributed by atoms with van der Waals surface area (Å²) in [6.45, 7) is 3.22. The second kappa shape index (κ2) is 7.18. The van der Waals surface area contributed by atoms with Crippen molar-refractivity contribution in [3.63, 3.8) is 0 Å². The molecule has 6 heteroatoms. The van der Waals surface area contributed by atoms with Crippen molar-refractivity contribution in [3.8, 4) is 10.7 Å². The molecule has 1 fully saturated rings. The summed E-state index contributed by atoms with van der Waals surface area (Å²) in [4.78, 5) is 2.84. The number of hydrogen-bond acceptors (Lipinski definition) is 5. The average molecular weight is 364 g/mol. The van der Waals surface area contributed by atoms with Crippen LogP contribution in [0.2, 0.25) is 0 Å². The molecule has 4 rings (SSSR count). The summed E-state index contributed by atoms with van der Waals surface area (Å²) in [7, 11) is 2.08. The molecule has 0 radical (unpaired) electrons. The van der Waals surface area contributed by atoms with E-state index >= 15 is 0 Å². The summed E-state index contributed by atoms with van der Waals surface area (Å²) in [5.74, 6) is 2.85. The number of rotatable bonds is 5. The van der Waals surface area contributed by atoms with Crippen LogP contribution in [0.4, 0.5) is 0 Å². The fourth-order valence-corrected chi connectivity index (χ4v) is 5.86. The van der Waals surface area contributed by atoms with E-state index in [4.69, 9.17) is 4.74 Å². The van der Waals surface area contributed by atoms with E-state index in [1.54, 1.807) is 22.2 Å². The first-order valence-electron chi connectivity index (χ1n) is 9.00. The third kappa shape index (κ3) is 3.28. The van der Waals surface area contributed by atoms with Crippen LogP contribution in [0.1, 0.15) is 43.0 Å². The Kier molecular flexibility index (Phi) is 4.97. The molecule has 1 saturated heterocycles. The number of thioether (sulfide) groups is 1. The van der Waals surface area contributed by atoms with Gasteiger partial charge in [-0.25, -0.2) is 0 Å². The Bertz CT molecular complexity index is 703. The topological polar surface area (TPSA) is 39.9 Å². The Morgan fingerprint density at radius 2 is 2.29 bits per heavy atom.